The average Bonchev–Trinajstić information content (AvgIpc) is 2.99. The molecule has 0 saturated carbocycles. The van der Waals surface area contributed by atoms with Crippen molar-refractivity contribution in [3.05, 3.63) is 66.1 Å². The molecule has 0 spiro atoms. The number of nitrogens with two attached hydrogens (primary N) is 1. The zero-order valence-corrected chi connectivity index (χ0v) is 12.2. The SMILES string of the molecule is COc1ccc(-n2nc(CN)cc2-c2ccccc2F)cc1. The number of ether oxygens (including phenoxy) is 1. The Bertz CT molecular complexity index is 781. The van der Waals surface area contributed by atoms with Gasteiger partial charge in [0.05, 0.1) is 24.2 Å². The molecule has 0 aliphatic rings. The highest BCUT2D eigenvalue weighted by atomic mass is 19.1. The molecule has 22 heavy (non-hydrogen) atoms. The Morgan fingerprint density at radius 3 is 2.50 bits per heavy atom. The number of benzene rings is 2. The van der Waals surface area contributed by atoms with Crippen molar-refractivity contribution in [3.63, 3.8) is 0 Å². The van der Waals surface area contributed by atoms with Gasteiger partial charge >= 0.3 is 0 Å². The zero-order valence-electron chi connectivity index (χ0n) is 12.2. The van der Waals surface area contributed by atoms with Crippen molar-refractivity contribution >= 4 is 0 Å². The standard InChI is InChI=1S/C17H16FN3O/c1-22-14-8-6-13(7-9-14)21-17(10-12(11-19)20-21)15-4-2-3-5-16(15)18/h2-10H,11,19H2,1H3. The zero-order chi connectivity index (χ0) is 15.5. The summed E-state index contributed by atoms with van der Waals surface area (Å²) in [7, 11) is 1.61. The van der Waals surface area contributed by atoms with Crippen molar-refractivity contribution in [2.75, 3.05) is 7.11 Å². The molecule has 2 aromatic carbocycles. The van der Waals surface area contributed by atoms with Crippen LogP contribution < -0.4 is 10.5 Å². The Morgan fingerprint density at radius 2 is 1.86 bits per heavy atom. The molecule has 0 amide bonds. The van der Waals surface area contributed by atoms with Crippen molar-refractivity contribution in [2.45, 2.75) is 6.54 Å². The van der Waals surface area contributed by atoms with Gasteiger partial charge in [0.25, 0.3) is 0 Å². The van der Waals surface area contributed by atoms with Crippen LogP contribution in [-0.2, 0) is 6.54 Å². The van der Waals surface area contributed by atoms with Gasteiger partial charge in [0.2, 0.25) is 0 Å². The third-order valence-corrected chi connectivity index (χ3v) is 3.44. The maximum Gasteiger partial charge on any atom is 0.132 e. The highest BCUT2D eigenvalue weighted by Crippen LogP contribution is 2.27. The molecule has 5 heteroatoms. The number of aromatic nitrogens is 2. The Morgan fingerprint density at radius 1 is 1.14 bits per heavy atom. The van der Waals surface area contributed by atoms with Gasteiger partial charge < -0.3 is 10.5 Å². The Labute approximate surface area is 128 Å². The first-order valence-corrected chi connectivity index (χ1v) is 6.91. The van der Waals surface area contributed by atoms with Crippen LogP contribution in [0.2, 0.25) is 0 Å². The third kappa shape index (κ3) is 2.58. The van der Waals surface area contributed by atoms with E-state index < -0.39 is 0 Å². The number of methoxy groups -OCH3 is 1. The lowest BCUT2D eigenvalue weighted by Gasteiger charge is -2.09. The highest BCUT2D eigenvalue weighted by molar-refractivity contribution is 5.63. The summed E-state index contributed by atoms with van der Waals surface area (Å²) in [6, 6.07) is 15.8. The van der Waals surface area contributed by atoms with E-state index in [1.807, 2.05) is 30.3 Å². The van der Waals surface area contributed by atoms with Crippen LogP contribution in [0.4, 0.5) is 4.39 Å². The fourth-order valence-electron chi connectivity index (χ4n) is 2.31. The fourth-order valence-corrected chi connectivity index (χ4v) is 2.31. The first-order valence-electron chi connectivity index (χ1n) is 6.91. The number of halogens is 1. The van der Waals surface area contributed by atoms with Crippen LogP contribution >= 0.6 is 0 Å². The fraction of sp³-hybridized carbons (Fsp3) is 0.118. The molecule has 1 aromatic heterocycles. The number of hydrogen-bond donors (Lipinski definition) is 1. The first-order chi connectivity index (χ1) is 10.7. The van der Waals surface area contributed by atoms with E-state index in [2.05, 4.69) is 5.10 Å². The second-order valence-electron chi connectivity index (χ2n) is 4.81. The third-order valence-electron chi connectivity index (χ3n) is 3.44. The summed E-state index contributed by atoms with van der Waals surface area (Å²) in [5.41, 5.74) is 8.36. The van der Waals surface area contributed by atoms with Gasteiger partial charge in [-0.05, 0) is 42.5 Å². The van der Waals surface area contributed by atoms with E-state index in [1.165, 1.54) is 6.07 Å². The molecule has 0 atom stereocenters. The topological polar surface area (TPSA) is 53.1 Å². The van der Waals surface area contributed by atoms with Crippen LogP contribution in [0.25, 0.3) is 16.9 Å². The normalized spacial score (nSPS) is 10.7. The predicted molar refractivity (Wildman–Crippen MR) is 83.4 cm³/mol. The summed E-state index contributed by atoms with van der Waals surface area (Å²) in [6.45, 7) is 0.296. The van der Waals surface area contributed by atoms with E-state index in [-0.39, 0.29) is 5.82 Å². The minimum absolute atomic E-state index is 0.291. The van der Waals surface area contributed by atoms with E-state index in [9.17, 15) is 4.39 Å². The predicted octanol–water partition coefficient (Wildman–Crippen LogP) is 3.15. The number of nitrogens with zero attached hydrogens (tertiary/aromatic N) is 2. The summed E-state index contributed by atoms with van der Waals surface area (Å²) in [4.78, 5) is 0. The molecule has 112 valence electrons. The molecule has 1 heterocycles. The second-order valence-corrected chi connectivity index (χ2v) is 4.81. The van der Waals surface area contributed by atoms with Crippen molar-refractivity contribution in [3.8, 4) is 22.7 Å². The molecule has 4 nitrogen and oxygen atoms in total. The quantitative estimate of drug-likeness (QED) is 0.805. The Kier molecular flexibility index (Phi) is 3.89. The van der Waals surface area contributed by atoms with Crippen LogP contribution in [0, 0.1) is 5.82 Å². The van der Waals surface area contributed by atoms with Gasteiger partial charge in [-0.1, -0.05) is 12.1 Å². The van der Waals surface area contributed by atoms with Crippen LogP contribution in [0.15, 0.2) is 54.6 Å². The van der Waals surface area contributed by atoms with Gasteiger partial charge in [-0.2, -0.15) is 5.10 Å². The molecular formula is C17H16FN3O. The highest BCUT2D eigenvalue weighted by Gasteiger charge is 2.14. The van der Waals surface area contributed by atoms with E-state index >= 15 is 0 Å². The molecule has 0 bridgehead atoms. The average molecular weight is 297 g/mol. The number of rotatable bonds is 4. The Hall–Kier alpha value is -2.66. The summed E-state index contributed by atoms with van der Waals surface area (Å²) in [5, 5.41) is 4.46. The second kappa shape index (κ2) is 5.99. The van der Waals surface area contributed by atoms with E-state index in [0.717, 1.165) is 11.4 Å². The molecule has 0 radical (unpaired) electrons. The molecule has 2 N–H and O–H groups in total. The first kappa shape index (κ1) is 14.3. The van der Waals surface area contributed by atoms with E-state index in [1.54, 1.807) is 30.0 Å². The van der Waals surface area contributed by atoms with Gasteiger partial charge in [0, 0.05) is 12.1 Å². The van der Waals surface area contributed by atoms with Crippen LogP contribution in [-0.4, -0.2) is 16.9 Å². The van der Waals surface area contributed by atoms with Crippen LogP contribution in [0.3, 0.4) is 0 Å². The largest absolute Gasteiger partial charge is 0.497 e. The van der Waals surface area contributed by atoms with Crippen molar-refractivity contribution in [1.29, 1.82) is 0 Å². The molecule has 0 aliphatic heterocycles. The summed E-state index contributed by atoms with van der Waals surface area (Å²) < 4.78 is 21.0. The molecule has 0 saturated heterocycles. The lowest BCUT2D eigenvalue weighted by molar-refractivity contribution is 0.414. The Balaban J connectivity index is 2.14. The molecular weight excluding hydrogens is 281 g/mol. The molecule has 0 fully saturated rings. The summed E-state index contributed by atoms with van der Waals surface area (Å²) in [6.07, 6.45) is 0. The summed E-state index contributed by atoms with van der Waals surface area (Å²) >= 11 is 0. The minimum Gasteiger partial charge on any atom is -0.497 e. The maximum absolute atomic E-state index is 14.1. The molecule has 0 aliphatic carbocycles. The van der Waals surface area contributed by atoms with Crippen molar-refractivity contribution in [2.24, 2.45) is 5.73 Å². The van der Waals surface area contributed by atoms with Gasteiger partial charge in [-0.25, -0.2) is 9.07 Å². The molecule has 0 unspecified atom stereocenters. The minimum atomic E-state index is -0.291. The molecule has 3 aromatic rings. The van der Waals surface area contributed by atoms with E-state index in [4.69, 9.17) is 10.5 Å². The van der Waals surface area contributed by atoms with Crippen molar-refractivity contribution in [1.82, 2.24) is 9.78 Å². The van der Waals surface area contributed by atoms with Gasteiger partial charge in [0.1, 0.15) is 11.6 Å². The van der Waals surface area contributed by atoms with Crippen LogP contribution in [0.1, 0.15) is 5.69 Å². The lowest BCUT2D eigenvalue weighted by atomic mass is 10.1. The van der Waals surface area contributed by atoms with Gasteiger partial charge in [-0.15, -0.1) is 0 Å². The van der Waals surface area contributed by atoms with Gasteiger partial charge in [0.15, 0.2) is 0 Å². The lowest BCUT2D eigenvalue weighted by Crippen LogP contribution is -2.02. The maximum atomic E-state index is 14.1. The van der Waals surface area contributed by atoms with Crippen molar-refractivity contribution < 1.29 is 9.13 Å². The monoisotopic (exact) mass is 297 g/mol. The smallest absolute Gasteiger partial charge is 0.132 e. The van der Waals surface area contributed by atoms with Crippen LogP contribution in [0.5, 0.6) is 5.75 Å². The number of hydrogen-bond acceptors (Lipinski definition) is 3. The van der Waals surface area contributed by atoms with E-state index in [0.29, 0.717) is 23.5 Å². The molecule has 3 rings (SSSR count). The summed E-state index contributed by atoms with van der Waals surface area (Å²) in [5.74, 6) is 0.461. The van der Waals surface area contributed by atoms with Gasteiger partial charge in [-0.3, -0.25) is 0 Å².